The number of likely N-dealkylation sites (tertiary alicyclic amines) is 1. The van der Waals surface area contributed by atoms with Crippen LogP contribution in [0.5, 0.6) is 0 Å². The lowest BCUT2D eigenvalue weighted by Crippen LogP contribution is -2.50. The van der Waals surface area contributed by atoms with Crippen LogP contribution in [0.3, 0.4) is 0 Å². The highest BCUT2D eigenvalue weighted by Gasteiger charge is 2.51. The molecule has 3 fully saturated rings. The number of urea groups is 1. The highest BCUT2D eigenvalue weighted by molar-refractivity contribution is 6.07. The largest absolute Gasteiger partial charge is 0.326 e. The molecule has 5 nitrogen and oxygen atoms in total. The first-order chi connectivity index (χ1) is 10.2. The van der Waals surface area contributed by atoms with Gasteiger partial charge in [0.25, 0.3) is 5.91 Å². The van der Waals surface area contributed by atoms with E-state index in [4.69, 9.17) is 0 Å². The first-order valence-electron chi connectivity index (χ1n) is 8.54. The minimum atomic E-state index is -0.577. The van der Waals surface area contributed by atoms with Crippen LogP contribution in [0.2, 0.25) is 0 Å². The maximum Gasteiger partial charge on any atom is 0.326 e. The van der Waals surface area contributed by atoms with E-state index < -0.39 is 5.54 Å². The lowest BCUT2D eigenvalue weighted by atomic mass is 9.82. The van der Waals surface area contributed by atoms with Crippen LogP contribution in [0.4, 0.5) is 4.79 Å². The number of nitrogens with one attached hydrogen (secondary N) is 1. The van der Waals surface area contributed by atoms with E-state index in [1.807, 2.05) is 0 Å². The molecular formula is C16H27N3O2. The van der Waals surface area contributed by atoms with Gasteiger partial charge in [-0.2, -0.15) is 0 Å². The maximum absolute atomic E-state index is 12.8. The second-order valence-corrected chi connectivity index (χ2v) is 6.82. The Morgan fingerprint density at radius 1 is 1.14 bits per heavy atom. The van der Waals surface area contributed by atoms with E-state index in [2.05, 4.69) is 17.1 Å². The molecule has 5 heteroatoms. The predicted octanol–water partition coefficient (Wildman–Crippen LogP) is 2.46. The smallest absolute Gasteiger partial charge is 0.323 e. The molecule has 0 unspecified atom stereocenters. The van der Waals surface area contributed by atoms with Crippen molar-refractivity contribution in [1.29, 1.82) is 0 Å². The highest BCUT2D eigenvalue weighted by atomic mass is 16.2. The minimum Gasteiger partial charge on any atom is -0.323 e. The molecule has 1 N–H and O–H groups in total. The summed E-state index contributed by atoms with van der Waals surface area (Å²) in [6.07, 6.45) is 9.60. The lowest BCUT2D eigenvalue weighted by molar-refractivity contribution is -0.134. The van der Waals surface area contributed by atoms with Crippen molar-refractivity contribution in [2.45, 2.75) is 76.3 Å². The minimum absolute atomic E-state index is 0.0210. The van der Waals surface area contributed by atoms with Gasteiger partial charge in [-0.05, 0) is 32.1 Å². The van der Waals surface area contributed by atoms with Gasteiger partial charge in [0.2, 0.25) is 0 Å². The summed E-state index contributed by atoms with van der Waals surface area (Å²) < 4.78 is 0. The van der Waals surface area contributed by atoms with Gasteiger partial charge in [-0.3, -0.25) is 9.69 Å². The molecule has 1 saturated carbocycles. The molecule has 0 aromatic heterocycles. The third-order valence-electron chi connectivity index (χ3n) is 5.50. The van der Waals surface area contributed by atoms with Crippen LogP contribution in [0.1, 0.15) is 64.7 Å². The predicted molar refractivity (Wildman–Crippen MR) is 80.7 cm³/mol. The molecule has 3 rings (SSSR count). The standard InChI is InChI=1S/C16H27N3O2/c1-2-13-8-4-7-11-18(13)12-19-14(20)16(17-15(19)21)9-5-3-6-10-16/h13H,2-12H2,1H3,(H,17,21)/t13-/m1/s1. The average Bonchev–Trinajstić information content (AvgIpc) is 2.73. The highest BCUT2D eigenvalue weighted by Crippen LogP contribution is 2.34. The van der Waals surface area contributed by atoms with E-state index in [1.54, 1.807) is 0 Å². The summed E-state index contributed by atoms with van der Waals surface area (Å²) >= 11 is 0. The van der Waals surface area contributed by atoms with Gasteiger partial charge in [0.15, 0.2) is 0 Å². The molecule has 1 aliphatic carbocycles. The van der Waals surface area contributed by atoms with Crippen molar-refractivity contribution in [3.05, 3.63) is 0 Å². The van der Waals surface area contributed by atoms with Crippen LogP contribution in [-0.4, -0.2) is 46.5 Å². The molecule has 0 aromatic rings. The van der Waals surface area contributed by atoms with Crippen molar-refractivity contribution in [3.63, 3.8) is 0 Å². The van der Waals surface area contributed by atoms with Crippen LogP contribution in [0.25, 0.3) is 0 Å². The Kier molecular flexibility index (Phi) is 4.20. The number of carbonyl (C=O) groups is 2. The zero-order valence-electron chi connectivity index (χ0n) is 13.1. The molecule has 1 atom stereocenters. The first-order valence-corrected chi connectivity index (χ1v) is 8.54. The van der Waals surface area contributed by atoms with Crippen molar-refractivity contribution in [1.82, 2.24) is 15.1 Å². The van der Waals surface area contributed by atoms with E-state index in [9.17, 15) is 9.59 Å². The second-order valence-electron chi connectivity index (χ2n) is 6.82. The maximum atomic E-state index is 12.8. The topological polar surface area (TPSA) is 52.6 Å². The molecule has 0 bridgehead atoms. The SMILES string of the molecule is CC[C@@H]1CCCCN1CN1C(=O)NC2(CCCCC2)C1=O. The summed E-state index contributed by atoms with van der Waals surface area (Å²) in [4.78, 5) is 28.9. The van der Waals surface area contributed by atoms with Crippen molar-refractivity contribution >= 4 is 11.9 Å². The number of imide groups is 1. The van der Waals surface area contributed by atoms with Gasteiger partial charge in [-0.1, -0.05) is 32.6 Å². The fourth-order valence-corrected chi connectivity index (χ4v) is 4.19. The van der Waals surface area contributed by atoms with Crippen molar-refractivity contribution in [2.24, 2.45) is 0 Å². The quantitative estimate of drug-likeness (QED) is 0.813. The van der Waals surface area contributed by atoms with Crippen molar-refractivity contribution in [3.8, 4) is 0 Å². The summed E-state index contributed by atoms with van der Waals surface area (Å²) in [6, 6.07) is 0.338. The Balaban J connectivity index is 1.70. The lowest BCUT2D eigenvalue weighted by Gasteiger charge is -2.37. The molecule has 1 spiro atoms. The first kappa shape index (κ1) is 14.8. The number of nitrogens with zero attached hydrogens (tertiary/aromatic N) is 2. The summed E-state index contributed by atoms with van der Waals surface area (Å²) in [7, 11) is 0. The Morgan fingerprint density at radius 2 is 1.90 bits per heavy atom. The number of hydrogen-bond donors (Lipinski definition) is 1. The number of amides is 3. The number of piperidine rings is 1. The molecule has 3 amide bonds. The fourth-order valence-electron chi connectivity index (χ4n) is 4.19. The number of carbonyl (C=O) groups excluding carboxylic acids is 2. The Labute approximate surface area is 127 Å². The number of hydrogen-bond acceptors (Lipinski definition) is 3. The Morgan fingerprint density at radius 3 is 2.62 bits per heavy atom. The van der Waals surface area contributed by atoms with Gasteiger partial charge in [0.1, 0.15) is 5.54 Å². The third kappa shape index (κ3) is 2.68. The summed E-state index contributed by atoms with van der Waals surface area (Å²) in [5.74, 6) is 0.0210. The van der Waals surface area contributed by atoms with Crippen LogP contribution >= 0.6 is 0 Å². The molecule has 3 aliphatic rings. The zero-order valence-corrected chi connectivity index (χ0v) is 13.1. The summed E-state index contributed by atoms with van der Waals surface area (Å²) in [6.45, 7) is 3.67. The van der Waals surface area contributed by atoms with Crippen LogP contribution in [0, 0.1) is 0 Å². The molecule has 2 aliphatic heterocycles. The summed E-state index contributed by atoms with van der Waals surface area (Å²) in [5.41, 5.74) is -0.577. The molecule has 2 heterocycles. The average molecular weight is 293 g/mol. The number of rotatable bonds is 3. The van der Waals surface area contributed by atoms with Gasteiger partial charge < -0.3 is 5.32 Å². The Bertz CT molecular complexity index is 418. The van der Waals surface area contributed by atoms with Crippen LogP contribution < -0.4 is 5.32 Å². The van der Waals surface area contributed by atoms with Gasteiger partial charge >= 0.3 is 6.03 Å². The van der Waals surface area contributed by atoms with E-state index in [1.165, 1.54) is 30.6 Å². The molecule has 2 saturated heterocycles. The molecular weight excluding hydrogens is 266 g/mol. The fraction of sp³-hybridized carbons (Fsp3) is 0.875. The van der Waals surface area contributed by atoms with E-state index >= 15 is 0 Å². The molecule has 0 aromatic carbocycles. The zero-order chi connectivity index (χ0) is 14.9. The van der Waals surface area contributed by atoms with Crippen molar-refractivity contribution < 1.29 is 9.59 Å². The molecule has 0 radical (unpaired) electrons. The Hall–Kier alpha value is -1.10. The third-order valence-corrected chi connectivity index (χ3v) is 5.50. The van der Waals surface area contributed by atoms with Gasteiger partial charge in [0, 0.05) is 12.6 Å². The van der Waals surface area contributed by atoms with E-state index in [0.717, 1.165) is 38.6 Å². The van der Waals surface area contributed by atoms with Crippen LogP contribution in [0.15, 0.2) is 0 Å². The summed E-state index contributed by atoms with van der Waals surface area (Å²) in [5, 5.41) is 3.00. The molecule has 118 valence electrons. The van der Waals surface area contributed by atoms with Crippen LogP contribution in [-0.2, 0) is 4.79 Å². The van der Waals surface area contributed by atoms with Crippen molar-refractivity contribution in [2.75, 3.05) is 13.2 Å². The van der Waals surface area contributed by atoms with Gasteiger partial charge in [0.05, 0.1) is 6.67 Å². The normalized spacial score (nSPS) is 30.0. The van der Waals surface area contributed by atoms with E-state index in [0.29, 0.717) is 12.7 Å². The van der Waals surface area contributed by atoms with Gasteiger partial charge in [-0.25, -0.2) is 9.69 Å². The van der Waals surface area contributed by atoms with Gasteiger partial charge in [-0.15, -0.1) is 0 Å². The molecule has 21 heavy (non-hydrogen) atoms. The second kappa shape index (κ2) is 5.95. The monoisotopic (exact) mass is 293 g/mol. The van der Waals surface area contributed by atoms with E-state index in [-0.39, 0.29) is 11.9 Å².